The summed E-state index contributed by atoms with van der Waals surface area (Å²) < 4.78 is 5.98. The van der Waals surface area contributed by atoms with Crippen LogP contribution >= 0.6 is 15.9 Å². The van der Waals surface area contributed by atoms with Crippen LogP contribution in [0.5, 0.6) is 0 Å². The zero-order valence-electron chi connectivity index (χ0n) is 12.3. The third kappa shape index (κ3) is 5.23. The molecule has 0 aliphatic carbocycles. The molecule has 0 aromatic heterocycles. The average molecular weight is 343 g/mol. The Morgan fingerprint density at radius 1 is 1.40 bits per heavy atom. The van der Waals surface area contributed by atoms with Crippen LogP contribution in [0.4, 0.5) is 0 Å². The van der Waals surface area contributed by atoms with Crippen LogP contribution in [0.2, 0.25) is 0 Å². The summed E-state index contributed by atoms with van der Waals surface area (Å²) >= 11 is 3.40. The van der Waals surface area contributed by atoms with E-state index in [0.29, 0.717) is 13.0 Å². The van der Waals surface area contributed by atoms with Gasteiger partial charge in [0, 0.05) is 18.2 Å². The average Bonchev–Trinajstić information content (AvgIpc) is 2.38. The largest absolute Gasteiger partial charge is 0.385 e. The van der Waals surface area contributed by atoms with Gasteiger partial charge in [0.25, 0.3) is 0 Å². The van der Waals surface area contributed by atoms with Gasteiger partial charge in [-0.05, 0) is 44.4 Å². The highest BCUT2D eigenvalue weighted by atomic mass is 79.9. The quantitative estimate of drug-likeness (QED) is 0.748. The second-order valence-corrected chi connectivity index (χ2v) is 6.28. The molecule has 1 aromatic rings. The fourth-order valence-corrected chi connectivity index (χ4v) is 2.18. The number of carbonyl (C=O) groups is 1. The van der Waals surface area contributed by atoms with Gasteiger partial charge in [0.2, 0.25) is 5.91 Å². The molecule has 0 radical (unpaired) electrons. The van der Waals surface area contributed by atoms with E-state index in [1.54, 1.807) is 7.11 Å². The molecule has 0 aliphatic heterocycles. The standard InChI is InChI=1S/C15H23BrN2O2/c1-15(2,11-6-8-12(16)9-7-11)18-14(19)13(17)5-4-10-20-3/h6-9,13H,4-5,10,17H2,1-3H3,(H,18,19). The maximum atomic E-state index is 12.1. The van der Waals surface area contributed by atoms with E-state index in [9.17, 15) is 4.79 Å². The van der Waals surface area contributed by atoms with Crippen molar-refractivity contribution < 1.29 is 9.53 Å². The number of rotatable bonds is 7. The lowest BCUT2D eigenvalue weighted by Crippen LogP contribution is -2.48. The van der Waals surface area contributed by atoms with E-state index < -0.39 is 11.6 Å². The van der Waals surface area contributed by atoms with Crippen LogP contribution < -0.4 is 11.1 Å². The van der Waals surface area contributed by atoms with Gasteiger partial charge in [-0.3, -0.25) is 4.79 Å². The maximum Gasteiger partial charge on any atom is 0.237 e. The maximum absolute atomic E-state index is 12.1. The van der Waals surface area contributed by atoms with E-state index in [4.69, 9.17) is 10.5 Å². The van der Waals surface area contributed by atoms with Gasteiger partial charge >= 0.3 is 0 Å². The molecule has 0 fully saturated rings. The van der Waals surface area contributed by atoms with Gasteiger partial charge in [0.15, 0.2) is 0 Å². The summed E-state index contributed by atoms with van der Waals surface area (Å²) in [5.74, 6) is -0.131. The zero-order chi connectivity index (χ0) is 15.2. The van der Waals surface area contributed by atoms with Crippen molar-refractivity contribution in [3.05, 3.63) is 34.3 Å². The van der Waals surface area contributed by atoms with Gasteiger partial charge in [-0.1, -0.05) is 28.1 Å². The predicted molar refractivity (Wildman–Crippen MR) is 84.4 cm³/mol. The molecule has 4 nitrogen and oxygen atoms in total. The minimum atomic E-state index is -0.500. The number of hydrogen-bond acceptors (Lipinski definition) is 3. The van der Waals surface area contributed by atoms with Crippen LogP contribution in [0.25, 0.3) is 0 Å². The minimum absolute atomic E-state index is 0.131. The third-order valence-electron chi connectivity index (χ3n) is 3.20. The van der Waals surface area contributed by atoms with Crippen molar-refractivity contribution >= 4 is 21.8 Å². The minimum Gasteiger partial charge on any atom is -0.385 e. The fourth-order valence-electron chi connectivity index (χ4n) is 1.92. The Labute approximate surface area is 129 Å². The molecule has 0 spiro atoms. The van der Waals surface area contributed by atoms with Gasteiger partial charge in [0.05, 0.1) is 11.6 Å². The Kier molecular flexibility index (Phi) is 6.65. The number of carbonyl (C=O) groups excluding carboxylic acids is 1. The summed E-state index contributed by atoms with van der Waals surface area (Å²) in [4.78, 5) is 12.1. The molecule has 0 saturated heterocycles. The first kappa shape index (κ1) is 17.1. The van der Waals surface area contributed by atoms with Gasteiger partial charge in [-0.25, -0.2) is 0 Å². The normalized spacial score (nSPS) is 13.1. The molecule has 0 saturated carbocycles. The van der Waals surface area contributed by atoms with Crippen LogP contribution in [-0.4, -0.2) is 25.7 Å². The van der Waals surface area contributed by atoms with Crippen molar-refractivity contribution in [1.82, 2.24) is 5.32 Å². The molecule has 3 N–H and O–H groups in total. The Balaban J connectivity index is 2.60. The Bertz CT molecular complexity index is 432. The molecular weight excluding hydrogens is 320 g/mol. The first-order valence-electron chi connectivity index (χ1n) is 6.69. The zero-order valence-corrected chi connectivity index (χ0v) is 13.9. The smallest absolute Gasteiger partial charge is 0.237 e. The lowest BCUT2D eigenvalue weighted by atomic mass is 9.93. The SMILES string of the molecule is COCCCC(N)C(=O)NC(C)(C)c1ccc(Br)cc1. The highest BCUT2D eigenvalue weighted by Gasteiger charge is 2.25. The lowest BCUT2D eigenvalue weighted by Gasteiger charge is -2.28. The van der Waals surface area contributed by atoms with E-state index in [2.05, 4.69) is 21.2 Å². The van der Waals surface area contributed by atoms with Crippen LogP contribution in [0.15, 0.2) is 28.7 Å². The molecule has 20 heavy (non-hydrogen) atoms. The summed E-state index contributed by atoms with van der Waals surface area (Å²) in [5.41, 5.74) is 6.48. The summed E-state index contributed by atoms with van der Waals surface area (Å²) in [6.07, 6.45) is 1.40. The molecule has 112 valence electrons. The molecule has 0 aliphatic rings. The monoisotopic (exact) mass is 342 g/mol. The number of benzene rings is 1. The summed E-state index contributed by atoms with van der Waals surface area (Å²) in [6, 6.07) is 7.39. The number of methoxy groups -OCH3 is 1. The number of ether oxygens (including phenoxy) is 1. The van der Waals surface area contributed by atoms with Crippen molar-refractivity contribution in [2.75, 3.05) is 13.7 Å². The highest BCUT2D eigenvalue weighted by molar-refractivity contribution is 9.10. The second kappa shape index (κ2) is 7.76. The van der Waals surface area contributed by atoms with Gasteiger partial charge in [-0.15, -0.1) is 0 Å². The lowest BCUT2D eigenvalue weighted by molar-refractivity contribution is -0.124. The van der Waals surface area contributed by atoms with Crippen molar-refractivity contribution in [2.24, 2.45) is 5.73 Å². The number of hydrogen-bond donors (Lipinski definition) is 2. The molecule has 1 atom stereocenters. The fraction of sp³-hybridized carbons (Fsp3) is 0.533. The summed E-state index contributed by atoms with van der Waals surface area (Å²) in [5, 5.41) is 3.00. The van der Waals surface area contributed by atoms with Gasteiger partial charge in [-0.2, -0.15) is 0 Å². The first-order valence-corrected chi connectivity index (χ1v) is 7.48. The van der Waals surface area contributed by atoms with Crippen LogP contribution in [0.3, 0.4) is 0 Å². The van der Waals surface area contributed by atoms with Gasteiger partial charge < -0.3 is 15.8 Å². The Morgan fingerprint density at radius 2 is 2.00 bits per heavy atom. The molecule has 1 amide bonds. The van der Waals surface area contributed by atoms with E-state index in [1.165, 1.54) is 0 Å². The van der Waals surface area contributed by atoms with Gasteiger partial charge in [0.1, 0.15) is 0 Å². The van der Waals surface area contributed by atoms with E-state index in [1.807, 2.05) is 38.1 Å². The third-order valence-corrected chi connectivity index (χ3v) is 3.73. The number of halogens is 1. The molecule has 1 unspecified atom stereocenters. The first-order chi connectivity index (χ1) is 9.36. The van der Waals surface area contributed by atoms with Crippen molar-refractivity contribution in [1.29, 1.82) is 0 Å². The summed E-state index contributed by atoms with van der Waals surface area (Å²) in [7, 11) is 1.64. The molecule has 0 bridgehead atoms. The van der Waals surface area contributed by atoms with E-state index in [-0.39, 0.29) is 5.91 Å². The van der Waals surface area contributed by atoms with Crippen molar-refractivity contribution in [2.45, 2.75) is 38.3 Å². The van der Waals surface area contributed by atoms with Crippen LogP contribution in [0.1, 0.15) is 32.3 Å². The van der Waals surface area contributed by atoms with Crippen molar-refractivity contribution in [3.8, 4) is 0 Å². The highest BCUT2D eigenvalue weighted by Crippen LogP contribution is 2.22. The number of nitrogens with one attached hydrogen (secondary N) is 1. The van der Waals surface area contributed by atoms with Crippen molar-refractivity contribution in [3.63, 3.8) is 0 Å². The van der Waals surface area contributed by atoms with Crippen LogP contribution in [0, 0.1) is 0 Å². The van der Waals surface area contributed by atoms with E-state index in [0.717, 1.165) is 16.5 Å². The molecule has 1 rings (SSSR count). The molecular formula is C15H23BrN2O2. The topological polar surface area (TPSA) is 64.3 Å². The van der Waals surface area contributed by atoms with Crippen LogP contribution in [-0.2, 0) is 15.1 Å². The van der Waals surface area contributed by atoms with E-state index >= 15 is 0 Å². The molecule has 1 aromatic carbocycles. The predicted octanol–water partition coefficient (Wildman–Crippen LogP) is 2.55. The number of amides is 1. The number of nitrogens with two attached hydrogens (primary N) is 1. The Hall–Kier alpha value is -0.910. The Morgan fingerprint density at radius 3 is 2.55 bits per heavy atom. The summed E-state index contributed by atoms with van der Waals surface area (Å²) in [6.45, 7) is 4.56. The molecule has 5 heteroatoms. The molecule has 0 heterocycles. The second-order valence-electron chi connectivity index (χ2n) is 5.36.